The van der Waals surface area contributed by atoms with E-state index in [0.717, 1.165) is 0 Å². The topological polar surface area (TPSA) is 151 Å². The second-order valence-electron chi connectivity index (χ2n) is 8.49. The molecule has 1 rings (SSSR count). The highest BCUT2D eigenvalue weighted by Crippen LogP contribution is 2.44. The summed E-state index contributed by atoms with van der Waals surface area (Å²) in [6.07, 6.45) is -1.61. The van der Waals surface area contributed by atoms with Crippen LogP contribution in [0.3, 0.4) is 0 Å². The molecular formula is C17H28N2O8. The molecule has 10 nitrogen and oxygen atoms in total. The summed E-state index contributed by atoms with van der Waals surface area (Å²) in [5.74, 6) is -3.94. The largest absolute Gasteiger partial charge is 0.480 e. The smallest absolute Gasteiger partial charge is 0.408 e. The van der Waals surface area contributed by atoms with Crippen LogP contribution in [0.25, 0.3) is 0 Å². The molecule has 2 amide bonds. The van der Waals surface area contributed by atoms with Crippen LogP contribution < -0.4 is 10.6 Å². The minimum absolute atomic E-state index is 0.208. The van der Waals surface area contributed by atoms with Gasteiger partial charge in [-0.2, -0.15) is 0 Å². The van der Waals surface area contributed by atoms with Crippen molar-refractivity contribution in [2.75, 3.05) is 0 Å². The molecule has 1 aliphatic carbocycles. The van der Waals surface area contributed by atoms with Crippen molar-refractivity contribution in [3.05, 3.63) is 0 Å². The molecule has 0 aliphatic heterocycles. The highest BCUT2D eigenvalue weighted by Gasteiger charge is 2.53. The Hall–Kier alpha value is -2.52. The van der Waals surface area contributed by atoms with Crippen molar-refractivity contribution >= 4 is 24.1 Å². The molecular weight excluding hydrogens is 360 g/mol. The van der Waals surface area contributed by atoms with E-state index in [4.69, 9.17) is 9.47 Å². The van der Waals surface area contributed by atoms with E-state index >= 15 is 0 Å². The van der Waals surface area contributed by atoms with Crippen molar-refractivity contribution in [1.29, 1.82) is 0 Å². The van der Waals surface area contributed by atoms with E-state index in [0.29, 0.717) is 0 Å². The summed E-state index contributed by atoms with van der Waals surface area (Å²) in [6, 6.07) is -2.65. The molecule has 0 heterocycles. The monoisotopic (exact) mass is 388 g/mol. The number of carboxylic acids is 2. The summed E-state index contributed by atoms with van der Waals surface area (Å²) >= 11 is 0. The highest BCUT2D eigenvalue weighted by atomic mass is 16.6. The first-order chi connectivity index (χ1) is 12.1. The van der Waals surface area contributed by atoms with Gasteiger partial charge in [0.05, 0.1) is 0 Å². The van der Waals surface area contributed by atoms with Gasteiger partial charge in [-0.3, -0.25) is 0 Å². The third-order valence-electron chi connectivity index (χ3n) is 3.62. The molecule has 1 saturated carbocycles. The average Bonchev–Trinajstić information content (AvgIpc) is 3.17. The first kappa shape index (κ1) is 22.5. The summed E-state index contributed by atoms with van der Waals surface area (Å²) in [6.45, 7) is 9.79. The molecule has 27 heavy (non-hydrogen) atoms. The Kier molecular flexibility index (Phi) is 6.68. The van der Waals surface area contributed by atoms with Crippen LogP contribution in [0.1, 0.15) is 48.0 Å². The molecule has 154 valence electrons. The van der Waals surface area contributed by atoms with Crippen molar-refractivity contribution in [3.63, 3.8) is 0 Å². The fourth-order valence-corrected chi connectivity index (χ4v) is 2.58. The summed E-state index contributed by atoms with van der Waals surface area (Å²) in [7, 11) is 0. The Balaban J connectivity index is 2.77. The minimum Gasteiger partial charge on any atom is -0.480 e. The van der Waals surface area contributed by atoms with E-state index in [9.17, 15) is 29.4 Å². The lowest BCUT2D eigenvalue weighted by molar-refractivity contribution is -0.142. The van der Waals surface area contributed by atoms with Crippen molar-refractivity contribution in [1.82, 2.24) is 10.6 Å². The predicted octanol–water partition coefficient (Wildman–Crippen LogP) is 1.58. The summed E-state index contributed by atoms with van der Waals surface area (Å²) < 4.78 is 10.1. The van der Waals surface area contributed by atoms with Gasteiger partial charge in [-0.1, -0.05) is 0 Å². The van der Waals surface area contributed by atoms with Gasteiger partial charge >= 0.3 is 24.1 Å². The zero-order chi connectivity index (χ0) is 21.2. The molecule has 0 bridgehead atoms. The van der Waals surface area contributed by atoms with Gasteiger partial charge in [0.25, 0.3) is 0 Å². The summed E-state index contributed by atoms with van der Waals surface area (Å²) in [4.78, 5) is 46.7. The predicted molar refractivity (Wildman–Crippen MR) is 93.2 cm³/mol. The van der Waals surface area contributed by atoms with Crippen LogP contribution in [0, 0.1) is 11.8 Å². The second kappa shape index (κ2) is 8.01. The standard InChI is InChI=1S/C17H28N2O8/c1-16(2,3)26-14(24)18-10(12(20)21)8-7-9(8)11(13(22)23)19-15(25)27-17(4,5)6/h8-11H,7H2,1-6H3,(H,18,24)(H,19,25)(H,20,21)(H,22,23)/t8-,9-,10-,11-/m0/s1. The van der Waals surface area contributed by atoms with Crippen molar-refractivity contribution < 1.29 is 38.9 Å². The lowest BCUT2D eigenvalue weighted by atomic mass is 10.1. The molecule has 0 spiro atoms. The van der Waals surface area contributed by atoms with Gasteiger partial charge in [-0.25, -0.2) is 19.2 Å². The van der Waals surface area contributed by atoms with Crippen molar-refractivity contribution in [2.24, 2.45) is 11.8 Å². The van der Waals surface area contributed by atoms with Gasteiger partial charge in [-0.15, -0.1) is 0 Å². The van der Waals surface area contributed by atoms with Crippen molar-refractivity contribution in [3.8, 4) is 0 Å². The van der Waals surface area contributed by atoms with Crippen LogP contribution in [0.15, 0.2) is 0 Å². The molecule has 10 heteroatoms. The van der Waals surface area contributed by atoms with E-state index in [1.807, 2.05) is 0 Å². The zero-order valence-corrected chi connectivity index (χ0v) is 16.4. The number of alkyl carbamates (subject to hydrolysis) is 2. The Labute approximate surface area is 157 Å². The van der Waals surface area contributed by atoms with E-state index in [-0.39, 0.29) is 6.42 Å². The molecule has 4 atom stereocenters. The van der Waals surface area contributed by atoms with Crippen LogP contribution in [0.5, 0.6) is 0 Å². The lowest BCUT2D eigenvalue weighted by Gasteiger charge is -2.23. The normalized spacial score (nSPS) is 21.4. The van der Waals surface area contributed by atoms with Gasteiger partial charge in [-0.05, 0) is 59.8 Å². The first-order valence-corrected chi connectivity index (χ1v) is 8.55. The molecule has 0 radical (unpaired) electrons. The van der Waals surface area contributed by atoms with Gasteiger partial charge in [0.15, 0.2) is 0 Å². The average molecular weight is 388 g/mol. The zero-order valence-electron chi connectivity index (χ0n) is 16.4. The van der Waals surface area contributed by atoms with E-state index in [1.54, 1.807) is 41.5 Å². The molecule has 0 saturated heterocycles. The number of carbonyl (C=O) groups is 4. The van der Waals surface area contributed by atoms with Gasteiger partial charge < -0.3 is 30.3 Å². The molecule has 0 unspecified atom stereocenters. The van der Waals surface area contributed by atoms with E-state index < -0.39 is 59.2 Å². The molecule has 0 aromatic heterocycles. The van der Waals surface area contributed by atoms with Crippen LogP contribution in [-0.4, -0.2) is 57.6 Å². The Morgan fingerprint density at radius 2 is 1.07 bits per heavy atom. The van der Waals surface area contributed by atoms with Gasteiger partial charge in [0.1, 0.15) is 23.3 Å². The van der Waals surface area contributed by atoms with Crippen LogP contribution in [-0.2, 0) is 19.1 Å². The molecule has 0 aromatic carbocycles. The third kappa shape index (κ3) is 7.71. The molecule has 0 aromatic rings. The second-order valence-corrected chi connectivity index (χ2v) is 8.49. The Morgan fingerprint density at radius 1 is 0.778 bits per heavy atom. The number of rotatable bonds is 6. The molecule has 1 aliphatic rings. The third-order valence-corrected chi connectivity index (χ3v) is 3.62. The maximum atomic E-state index is 11.8. The van der Waals surface area contributed by atoms with Crippen LogP contribution in [0.2, 0.25) is 0 Å². The summed E-state index contributed by atoms with van der Waals surface area (Å²) in [5.41, 5.74) is -1.62. The number of aliphatic carboxylic acids is 2. The van der Waals surface area contributed by atoms with Crippen molar-refractivity contribution in [2.45, 2.75) is 71.2 Å². The number of nitrogens with one attached hydrogen (secondary N) is 2. The minimum atomic E-state index is -1.33. The molecule has 1 fully saturated rings. The number of carboxylic acid groups (broad SMARTS) is 2. The van der Waals surface area contributed by atoms with Gasteiger partial charge in [0, 0.05) is 0 Å². The Bertz CT molecular complexity index is 553. The number of amides is 2. The fraction of sp³-hybridized carbons (Fsp3) is 0.765. The maximum Gasteiger partial charge on any atom is 0.408 e. The van der Waals surface area contributed by atoms with Crippen LogP contribution in [0.4, 0.5) is 9.59 Å². The lowest BCUT2D eigenvalue weighted by Crippen LogP contribution is -2.48. The quantitative estimate of drug-likeness (QED) is 0.535. The van der Waals surface area contributed by atoms with Gasteiger partial charge in [0.2, 0.25) is 0 Å². The first-order valence-electron chi connectivity index (χ1n) is 8.55. The number of carbonyl (C=O) groups excluding carboxylic acids is 2. The number of ether oxygens (including phenoxy) is 2. The summed E-state index contributed by atoms with van der Waals surface area (Å²) in [5, 5.41) is 23.3. The number of hydrogen-bond donors (Lipinski definition) is 4. The maximum absolute atomic E-state index is 11.8. The van der Waals surface area contributed by atoms with Crippen LogP contribution >= 0.6 is 0 Å². The SMILES string of the molecule is CC(C)(C)OC(=O)N[C@H](C(=O)O)[C@H]1C[C@@H]1[C@H](NC(=O)OC(C)(C)C)C(=O)O. The Morgan fingerprint density at radius 3 is 1.30 bits per heavy atom. The van der Waals surface area contributed by atoms with E-state index in [1.165, 1.54) is 0 Å². The highest BCUT2D eigenvalue weighted by molar-refractivity contribution is 5.83. The number of hydrogen-bond acceptors (Lipinski definition) is 6. The molecule has 4 N–H and O–H groups in total. The fourth-order valence-electron chi connectivity index (χ4n) is 2.58. The van der Waals surface area contributed by atoms with E-state index in [2.05, 4.69) is 10.6 Å².